The molecule has 100 valence electrons. The Morgan fingerprint density at radius 2 is 1.74 bits per heavy atom. The topological polar surface area (TPSA) is 9.23 Å². The Labute approximate surface area is 139 Å². The molecule has 19 heavy (non-hydrogen) atoms. The molecule has 0 fully saturated rings. The molecule has 0 N–H and O–H groups in total. The molecule has 0 aliphatic heterocycles. The van der Waals surface area contributed by atoms with Crippen LogP contribution in [0, 0.1) is 0 Å². The van der Waals surface area contributed by atoms with Crippen molar-refractivity contribution in [2.24, 2.45) is 0 Å². The number of hydrogen-bond acceptors (Lipinski definition) is 1. The molecule has 2 aromatic rings. The molecule has 0 heterocycles. The number of alkyl halides is 1. The molecule has 0 saturated heterocycles. The van der Waals surface area contributed by atoms with E-state index in [9.17, 15) is 0 Å². The molecule has 2 rings (SSSR count). The number of methoxy groups -OCH3 is 1. The summed E-state index contributed by atoms with van der Waals surface area (Å²) >= 11 is 19.6. The van der Waals surface area contributed by atoms with Crippen LogP contribution in [0.3, 0.4) is 0 Å². The summed E-state index contributed by atoms with van der Waals surface area (Å²) in [4.78, 5) is -0.138. The Bertz CT molecular complexity index is 582. The van der Waals surface area contributed by atoms with Crippen molar-refractivity contribution in [1.29, 1.82) is 0 Å². The van der Waals surface area contributed by atoms with Crippen molar-refractivity contribution < 1.29 is 4.74 Å². The normalized spacial score (nSPS) is 12.3. The molecule has 0 bridgehead atoms. The lowest BCUT2D eigenvalue weighted by atomic mass is 10.0. The van der Waals surface area contributed by atoms with Crippen LogP contribution in [0.5, 0.6) is 5.75 Å². The number of ether oxygens (including phenoxy) is 1. The monoisotopic (exact) mass is 422 g/mol. The van der Waals surface area contributed by atoms with Gasteiger partial charge in [0.15, 0.2) is 0 Å². The highest BCUT2D eigenvalue weighted by atomic mass is 79.9. The van der Waals surface area contributed by atoms with Crippen LogP contribution in [0.4, 0.5) is 0 Å². The average molecular weight is 425 g/mol. The van der Waals surface area contributed by atoms with Crippen LogP contribution in [-0.4, -0.2) is 7.11 Å². The molecular formula is C14H10Br2Cl2O. The Morgan fingerprint density at radius 1 is 1.11 bits per heavy atom. The second-order valence-corrected chi connectivity index (χ2v) is 6.53. The molecule has 0 spiro atoms. The number of hydrogen-bond donors (Lipinski definition) is 0. The first kappa shape index (κ1) is 15.2. The summed E-state index contributed by atoms with van der Waals surface area (Å²) in [7, 11) is 1.64. The fourth-order valence-electron chi connectivity index (χ4n) is 1.81. The molecule has 1 unspecified atom stereocenters. The van der Waals surface area contributed by atoms with Crippen molar-refractivity contribution in [3.05, 3.63) is 62.0 Å². The quantitative estimate of drug-likeness (QED) is 0.529. The van der Waals surface area contributed by atoms with Gasteiger partial charge in [-0.2, -0.15) is 0 Å². The fraction of sp³-hybridized carbons (Fsp3) is 0.143. The van der Waals surface area contributed by atoms with Crippen LogP contribution < -0.4 is 4.74 Å². The molecule has 2 aromatic carbocycles. The third-order valence-corrected chi connectivity index (χ3v) is 4.82. The molecule has 0 aromatic heterocycles. The van der Waals surface area contributed by atoms with Gasteiger partial charge in [0.1, 0.15) is 5.75 Å². The van der Waals surface area contributed by atoms with Gasteiger partial charge in [0, 0.05) is 25.6 Å². The van der Waals surface area contributed by atoms with Gasteiger partial charge < -0.3 is 4.74 Å². The molecule has 0 radical (unpaired) electrons. The van der Waals surface area contributed by atoms with Crippen LogP contribution in [0.2, 0.25) is 10.0 Å². The van der Waals surface area contributed by atoms with Crippen LogP contribution in [-0.2, 0) is 0 Å². The van der Waals surface area contributed by atoms with E-state index < -0.39 is 0 Å². The van der Waals surface area contributed by atoms with Gasteiger partial charge in [0.05, 0.1) is 11.9 Å². The Kier molecular flexibility index (Phi) is 5.18. The van der Waals surface area contributed by atoms with Gasteiger partial charge in [-0.25, -0.2) is 0 Å². The highest BCUT2D eigenvalue weighted by Gasteiger charge is 2.20. The average Bonchev–Trinajstić information content (AvgIpc) is 2.38. The van der Waals surface area contributed by atoms with Gasteiger partial charge in [-0.15, -0.1) is 0 Å². The van der Waals surface area contributed by atoms with Crippen LogP contribution in [0.15, 0.2) is 40.9 Å². The van der Waals surface area contributed by atoms with E-state index >= 15 is 0 Å². The van der Waals surface area contributed by atoms with Crippen molar-refractivity contribution in [1.82, 2.24) is 0 Å². The molecule has 1 nitrogen and oxygen atoms in total. The first-order valence-corrected chi connectivity index (χ1v) is 7.92. The predicted octanol–water partition coefficient (Wildman–Crippen LogP) is 6.25. The van der Waals surface area contributed by atoms with Gasteiger partial charge in [0.25, 0.3) is 0 Å². The van der Waals surface area contributed by atoms with E-state index in [0.717, 1.165) is 21.3 Å². The fourth-order valence-corrected chi connectivity index (χ4v) is 3.92. The smallest absolute Gasteiger partial charge is 0.123 e. The van der Waals surface area contributed by atoms with E-state index in [4.69, 9.17) is 27.9 Å². The van der Waals surface area contributed by atoms with Crippen molar-refractivity contribution >= 4 is 55.1 Å². The molecule has 0 amide bonds. The van der Waals surface area contributed by atoms with Gasteiger partial charge in [-0.1, -0.05) is 61.1 Å². The molecular weight excluding hydrogens is 415 g/mol. The minimum Gasteiger partial charge on any atom is -0.496 e. The van der Waals surface area contributed by atoms with E-state index in [1.807, 2.05) is 36.4 Å². The Balaban J connectivity index is 2.55. The van der Waals surface area contributed by atoms with Crippen molar-refractivity contribution in [2.45, 2.75) is 4.83 Å². The van der Waals surface area contributed by atoms with Crippen molar-refractivity contribution in [3.8, 4) is 5.75 Å². The van der Waals surface area contributed by atoms with E-state index in [0.29, 0.717) is 10.0 Å². The lowest BCUT2D eigenvalue weighted by Gasteiger charge is -2.17. The van der Waals surface area contributed by atoms with Crippen LogP contribution >= 0.6 is 55.1 Å². The minimum absolute atomic E-state index is 0.138. The number of halogens is 4. The first-order valence-electron chi connectivity index (χ1n) is 5.46. The van der Waals surface area contributed by atoms with E-state index in [-0.39, 0.29) is 4.83 Å². The Morgan fingerprint density at radius 3 is 2.32 bits per heavy atom. The standard InChI is InChI=1S/C14H10Br2Cl2O/c1-19-12-6-5-8(15)7-9(12)14(16)13-10(17)3-2-4-11(13)18/h2-7,14H,1H3. The third kappa shape index (κ3) is 3.27. The molecule has 0 aliphatic rings. The van der Waals surface area contributed by atoms with E-state index in [1.165, 1.54) is 0 Å². The zero-order valence-corrected chi connectivity index (χ0v) is 14.6. The van der Waals surface area contributed by atoms with Crippen molar-refractivity contribution in [2.75, 3.05) is 7.11 Å². The molecule has 5 heteroatoms. The van der Waals surface area contributed by atoms with Gasteiger partial charge >= 0.3 is 0 Å². The maximum atomic E-state index is 6.24. The van der Waals surface area contributed by atoms with E-state index in [1.54, 1.807) is 7.11 Å². The predicted molar refractivity (Wildman–Crippen MR) is 87.9 cm³/mol. The highest BCUT2D eigenvalue weighted by molar-refractivity contribution is 9.10. The zero-order valence-electron chi connectivity index (χ0n) is 9.96. The summed E-state index contributed by atoms with van der Waals surface area (Å²) in [6.45, 7) is 0. The second kappa shape index (κ2) is 6.49. The summed E-state index contributed by atoms with van der Waals surface area (Å²) in [6, 6.07) is 11.3. The van der Waals surface area contributed by atoms with Gasteiger partial charge in [-0.05, 0) is 30.3 Å². The molecule has 0 saturated carbocycles. The number of rotatable bonds is 3. The first-order chi connectivity index (χ1) is 9.04. The third-order valence-electron chi connectivity index (χ3n) is 2.72. The summed E-state index contributed by atoms with van der Waals surface area (Å²) in [6.07, 6.45) is 0. The molecule has 0 aliphatic carbocycles. The second-order valence-electron chi connectivity index (χ2n) is 3.88. The van der Waals surface area contributed by atoms with Gasteiger partial charge in [0.2, 0.25) is 0 Å². The highest BCUT2D eigenvalue weighted by Crippen LogP contribution is 2.43. The maximum Gasteiger partial charge on any atom is 0.123 e. The van der Waals surface area contributed by atoms with Gasteiger partial charge in [-0.3, -0.25) is 0 Å². The molecule has 1 atom stereocenters. The summed E-state index contributed by atoms with van der Waals surface area (Å²) in [5.41, 5.74) is 1.80. The minimum atomic E-state index is -0.138. The lowest BCUT2D eigenvalue weighted by molar-refractivity contribution is 0.410. The summed E-state index contributed by atoms with van der Waals surface area (Å²) < 4.78 is 6.35. The van der Waals surface area contributed by atoms with Crippen LogP contribution in [0.1, 0.15) is 16.0 Å². The summed E-state index contributed by atoms with van der Waals surface area (Å²) in [5.74, 6) is 0.779. The van der Waals surface area contributed by atoms with Crippen molar-refractivity contribution in [3.63, 3.8) is 0 Å². The Hall–Kier alpha value is -0.220. The largest absolute Gasteiger partial charge is 0.496 e. The van der Waals surface area contributed by atoms with E-state index in [2.05, 4.69) is 31.9 Å². The number of benzene rings is 2. The van der Waals surface area contributed by atoms with Crippen LogP contribution in [0.25, 0.3) is 0 Å². The summed E-state index contributed by atoms with van der Waals surface area (Å²) in [5, 5.41) is 1.24. The lowest BCUT2D eigenvalue weighted by Crippen LogP contribution is -1.99. The zero-order chi connectivity index (χ0) is 14.0. The maximum absolute atomic E-state index is 6.24. The SMILES string of the molecule is COc1ccc(Br)cc1C(Br)c1c(Cl)cccc1Cl.